The number of nitrogens with two attached hydrogens (primary N) is 1. The second-order valence-electron chi connectivity index (χ2n) is 6.06. The van der Waals surface area contributed by atoms with Crippen molar-refractivity contribution in [3.05, 3.63) is 35.9 Å². The summed E-state index contributed by atoms with van der Waals surface area (Å²) in [6, 6.07) is 11.0. The molecule has 0 aromatic heterocycles. The number of rotatable bonds is 5. The normalized spacial score (nSPS) is 27.4. The van der Waals surface area contributed by atoms with Crippen LogP contribution in [0.1, 0.15) is 30.7 Å². The van der Waals surface area contributed by atoms with E-state index in [1.165, 1.54) is 24.8 Å². The van der Waals surface area contributed by atoms with Crippen LogP contribution in [-0.2, 0) is 0 Å². The van der Waals surface area contributed by atoms with Crippen molar-refractivity contribution < 1.29 is 5.11 Å². The molecule has 3 unspecified atom stereocenters. The average molecular weight is 260 g/mol. The highest BCUT2D eigenvalue weighted by Crippen LogP contribution is 2.36. The molecule has 3 N–H and O–H groups in total. The Hall–Kier alpha value is -0.900. The van der Waals surface area contributed by atoms with Crippen LogP contribution in [0.4, 0.5) is 0 Å². The maximum absolute atomic E-state index is 9.67. The van der Waals surface area contributed by atoms with Crippen molar-refractivity contribution >= 4 is 0 Å². The Morgan fingerprint density at radius 2 is 1.95 bits per heavy atom. The van der Waals surface area contributed by atoms with Gasteiger partial charge in [0.15, 0.2) is 0 Å². The monoisotopic (exact) mass is 260 g/mol. The van der Waals surface area contributed by atoms with Gasteiger partial charge in [-0.2, -0.15) is 0 Å². The molecular formula is C16H24N2O. The fourth-order valence-electron chi connectivity index (χ4n) is 3.36. The van der Waals surface area contributed by atoms with Crippen LogP contribution in [0.25, 0.3) is 0 Å². The van der Waals surface area contributed by atoms with Crippen LogP contribution in [0.3, 0.4) is 0 Å². The molecule has 0 bridgehead atoms. The summed E-state index contributed by atoms with van der Waals surface area (Å²) in [6.45, 7) is 2.29. The van der Waals surface area contributed by atoms with Crippen molar-refractivity contribution in [2.45, 2.75) is 37.3 Å². The number of aliphatic hydroxyl groups is 1. The molecule has 1 saturated carbocycles. The minimum Gasteiger partial charge on any atom is -0.395 e. The van der Waals surface area contributed by atoms with E-state index in [0.29, 0.717) is 11.8 Å². The highest BCUT2D eigenvalue weighted by Gasteiger charge is 2.38. The van der Waals surface area contributed by atoms with Crippen molar-refractivity contribution in [3.8, 4) is 0 Å². The number of hydrogen-bond donors (Lipinski definition) is 2. The Balaban J connectivity index is 1.64. The summed E-state index contributed by atoms with van der Waals surface area (Å²) in [7, 11) is 0. The summed E-state index contributed by atoms with van der Waals surface area (Å²) in [5, 5.41) is 9.67. The topological polar surface area (TPSA) is 49.5 Å². The SMILES string of the molecule is NC(C1CC1)C(CO)N1CCC(c2ccccc2)C1. The van der Waals surface area contributed by atoms with Crippen molar-refractivity contribution in [2.75, 3.05) is 19.7 Å². The predicted molar refractivity (Wildman–Crippen MR) is 76.9 cm³/mol. The van der Waals surface area contributed by atoms with E-state index in [1.54, 1.807) is 0 Å². The number of likely N-dealkylation sites (tertiary alicyclic amines) is 1. The first-order chi connectivity index (χ1) is 9.29. The molecule has 0 spiro atoms. The first-order valence-electron chi connectivity index (χ1n) is 7.45. The summed E-state index contributed by atoms with van der Waals surface area (Å²) in [5.41, 5.74) is 7.71. The standard InChI is InChI=1S/C16H24N2O/c17-16(13-6-7-13)15(11-19)18-9-8-14(10-18)12-4-2-1-3-5-12/h1-5,13-16,19H,6-11,17H2. The lowest BCUT2D eigenvalue weighted by atomic mass is 9.98. The lowest BCUT2D eigenvalue weighted by Crippen LogP contribution is -2.50. The quantitative estimate of drug-likeness (QED) is 0.845. The number of benzene rings is 1. The third-order valence-corrected chi connectivity index (χ3v) is 4.76. The first kappa shape index (κ1) is 13.1. The summed E-state index contributed by atoms with van der Waals surface area (Å²) >= 11 is 0. The largest absolute Gasteiger partial charge is 0.395 e. The third kappa shape index (κ3) is 2.83. The minimum atomic E-state index is 0.152. The molecule has 104 valence electrons. The Morgan fingerprint density at radius 3 is 2.58 bits per heavy atom. The van der Waals surface area contributed by atoms with Gasteiger partial charge in [0.25, 0.3) is 0 Å². The van der Waals surface area contributed by atoms with Crippen molar-refractivity contribution in [3.63, 3.8) is 0 Å². The zero-order chi connectivity index (χ0) is 13.2. The van der Waals surface area contributed by atoms with Gasteiger partial charge in [-0.3, -0.25) is 4.90 Å². The van der Waals surface area contributed by atoms with E-state index in [0.717, 1.165) is 13.1 Å². The molecule has 3 nitrogen and oxygen atoms in total. The first-order valence-corrected chi connectivity index (χ1v) is 7.45. The van der Waals surface area contributed by atoms with Crippen LogP contribution < -0.4 is 5.73 Å². The van der Waals surface area contributed by atoms with Gasteiger partial charge >= 0.3 is 0 Å². The van der Waals surface area contributed by atoms with E-state index in [4.69, 9.17) is 5.73 Å². The molecule has 1 aliphatic carbocycles. The van der Waals surface area contributed by atoms with E-state index in [2.05, 4.69) is 35.2 Å². The van der Waals surface area contributed by atoms with E-state index in [9.17, 15) is 5.11 Å². The van der Waals surface area contributed by atoms with E-state index >= 15 is 0 Å². The van der Waals surface area contributed by atoms with E-state index in [-0.39, 0.29) is 18.7 Å². The van der Waals surface area contributed by atoms with Crippen LogP contribution in [0, 0.1) is 5.92 Å². The van der Waals surface area contributed by atoms with Gasteiger partial charge in [0.2, 0.25) is 0 Å². The lowest BCUT2D eigenvalue weighted by molar-refractivity contribution is 0.118. The van der Waals surface area contributed by atoms with Gasteiger partial charge < -0.3 is 10.8 Å². The van der Waals surface area contributed by atoms with Gasteiger partial charge in [-0.15, -0.1) is 0 Å². The van der Waals surface area contributed by atoms with Crippen molar-refractivity contribution in [1.82, 2.24) is 4.90 Å². The summed E-state index contributed by atoms with van der Waals surface area (Å²) in [5.74, 6) is 1.24. The summed E-state index contributed by atoms with van der Waals surface area (Å²) in [4.78, 5) is 2.40. The predicted octanol–water partition coefficient (Wildman–Crippen LogP) is 1.57. The molecule has 2 aliphatic rings. The maximum atomic E-state index is 9.67. The second kappa shape index (κ2) is 5.61. The van der Waals surface area contributed by atoms with Gasteiger partial charge in [0.1, 0.15) is 0 Å². The molecule has 1 aliphatic heterocycles. The number of aliphatic hydroxyl groups excluding tert-OH is 1. The van der Waals surface area contributed by atoms with E-state index < -0.39 is 0 Å². The smallest absolute Gasteiger partial charge is 0.0602 e. The van der Waals surface area contributed by atoms with Crippen LogP contribution in [0.2, 0.25) is 0 Å². The molecule has 3 atom stereocenters. The molecule has 0 amide bonds. The summed E-state index contributed by atoms with van der Waals surface area (Å²) < 4.78 is 0. The number of hydrogen-bond acceptors (Lipinski definition) is 3. The van der Waals surface area contributed by atoms with Crippen LogP contribution in [0.5, 0.6) is 0 Å². The zero-order valence-electron chi connectivity index (χ0n) is 11.4. The molecule has 0 radical (unpaired) electrons. The van der Waals surface area contributed by atoms with Crippen molar-refractivity contribution in [2.24, 2.45) is 11.7 Å². The molecule has 19 heavy (non-hydrogen) atoms. The molecule has 3 heteroatoms. The Bertz CT molecular complexity index is 404. The fraction of sp³-hybridized carbons (Fsp3) is 0.625. The third-order valence-electron chi connectivity index (χ3n) is 4.76. The molecule has 1 aromatic carbocycles. The fourth-order valence-corrected chi connectivity index (χ4v) is 3.36. The van der Waals surface area contributed by atoms with E-state index in [1.807, 2.05) is 0 Å². The van der Waals surface area contributed by atoms with Crippen molar-refractivity contribution in [1.29, 1.82) is 0 Å². The molecule has 1 saturated heterocycles. The van der Waals surface area contributed by atoms with Crippen LogP contribution >= 0.6 is 0 Å². The van der Waals surface area contributed by atoms with Gasteiger partial charge in [-0.25, -0.2) is 0 Å². The minimum absolute atomic E-state index is 0.152. The van der Waals surface area contributed by atoms with Gasteiger partial charge in [0, 0.05) is 18.6 Å². The molecule has 2 fully saturated rings. The average Bonchev–Trinajstić information content (AvgIpc) is 3.20. The Labute approximate surface area is 115 Å². The van der Waals surface area contributed by atoms with Gasteiger partial charge in [-0.05, 0) is 43.2 Å². The molecule has 1 aromatic rings. The van der Waals surface area contributed by atoms with Crippen LogP contribution in [-0.4, -0.2) is 41.8 Å². The summed E-state index contributed by atoms with van der Waals surface area (Å²) in [6.07, 6.45) is 3.67. The Morgan fingerprint density at radius 1 is 1.21 bits per heavy atom. The molecular weight excluding hydrogens is 236 g/mol. The zero-order valence-corrected chi connectivity index (χ0v) is 11.4. The molecule has 3 rings (SSSR count). The maximum Gasteiger partial charge on any atom is 0.0602 e. The van der Waals surface area contributed by atoms with Gasteiger partial charge in [0.05, 0.1) is 6.61 Å². The Kier molecular flexibility index (Phi) is 3.87. The lowest BCUT2D eigenvalue weighted by Gasteiger charge is -2.31. The number of nitrogens with zero attached hydrogens (tertiary/aromatic N) is 1. The highest BCUT2D eigenvalue weighted by molar-refractivity contribution is 5.21. The molecule has 1 heterocycles. The van der Waals surface area contributed by atoms with Gasteiger partial charge in [-0.1, -0.05) is 30.3 Å². The highest BCUT2D eigenvalue weighted by atomic mass is 16.3. The second-order valence-corrected chi connectivity index (χ2v) is 6.06. The van der Waals surface area contributed by atoms with Crippen LogP contribution in [0.15, 0.2) is 30.3 Å².